The van der Waals surface area contributed by atoms with Crippen LogP contribution < -0.4 is 0 Å². The largest absolute Gasteiger partial charge is 0.461 e. The molecule has 1 aromatic heterocycles. The first-order chi connectivity index (χ1) is 11.1. The molecule has 2 aromatic rings. The second-order valence-corrected chi connectivity index (χ2v) is 5.36. The van der Waals surface area contributed by atoms with Crippen LogP contribution in [0.4, 0.5) is 4.39 Å². The van der Waals surface area contributed by atoms with Gasteiger partial charge in [-0.25, -0.2) is 13.9 Å². The molecule has 0 aliphatic heterocycles. The van der Waals surface area contributed by atoms with Crippen LogP contribution in [-0.2, 0) is 4.74 Å². The first kappa shape index (κ1) is 15.5. The minimum atomic E-state index is -0.583. The Balaban J connectivity index is 2.13. The standard InChI is InChI=1S/C17H14ClFN2O2/c1-2-23-17(22)13-10-15(11-6-3-4-7-11)21(20-13)14-9-5-8-12(18)16(14)19/h3-11H,2H2,1H3. The summed E-state index contributed by atoms with van der Waals surface area (Å²) in [5.74, 6) is -1.22. The number of halogens is 2. The third-order valence-corrected chi connectivity index (χ3v) is 3.76. The Kier molecular flexibility index (Phi) is 4.30. The number of nitrogens with zero attached hydrogens (tertiary/aromatic N) is 2. The van der Waals surface area contributed by atoms with Gasteiger partial charge in [-0.2, -0.15) is 5.10 Å². The van der Waals surface area contributed by atoms with E-state index in [2.05, 4.69) is 5.10 Å². The lowest BCUT2D eigenvalue weighted by Crippen LogP contribution is -2.09. The normalized spacial score (nSPS) is 13.7. The zero-order valence-electron chi connectivity index (χ0n) is 12.4. The number of aromatic nitrogens is 2. The second-order valence-electron chi connectivity index (χ2n) is 4.96. The van der Waals surface area contributed by atoms with Crippen molar-refractivity contribution in [2.75, 3.05) is 6.61 Å². The van der Waals surface area contributed by atoms with Crippen LogP contribution in [0.1, 0.15) is 29.0 Å². The van der Waals surface area contributed by atoms with Crippen molar-refractivity contribution in [1.82, 2.24) is 9.78 Å². The molecular weight excluding hydrogens is 319 g/mol. The average Bonchev–Trinajstić information content (AvgIpc) is 3.18. The van der Waals surface area contributed by atoms with Crippen LogP contribution in [-0.4, -0.2) is 22.4 Å². The molecule has 0 saturated carbocycles. The third-order valence-electron chi connectivity index (χ3n) is 3.47. The Morgan fingerprint density at radius 2 is 2.13 bits per heavy atom. The summed E-state index contributed by atoms with van der Waals surface area (Å²) in [6, 6.07) is 6.28. The first-order valence-corrected chi connectivity index (χ1v) is 7.56. The molecule has 3 rings (SSSR count). The van der Waals surface area contributed by atoms with Crippen LogP contribution in [0.15, 0.2) is 48.6 Å². The minimum absolute atomic E-state index is 0.000796. The van der Waals surface area contributed by atoms with E-state index in [1.54, 1.807) is 25.1 Å². The van der Waals surface area contributed by atoms with Crippen molar-refractivity contribution in [3.05, 3.63) is 70.8 Å². The molecule has 1 aromatic carbocycles. The first-order valence-electron chi connectivity index (χ1n) is 7.18. The van der Waals surface area contributed by atoms with Crippen molar-refractivity contribution < 1.29 is 13.9 Å². The van der Waals surface area contributed by atoms with E-state index in [-0.39, 0.29) is 28.9 Å². The molecule has 0 bridgehead atoms. The molecule has 0 spiro atoms. The summed E-state index contributed by atoms with van der Waals surface area (Å²) >= 11 is 5.86. The SMILES string of the molecule is CCOC(=O)c1cc(C2C=CC=C2)n(-c2cccc(Cl)c2F)n1. The van der Waals surface area contributed by atoms with Gasteiger partial charge in [0.15, 0.2) is 11.5 Å². The van der Waals surface area contributed by atoms with E-state index in [1.165, 1.54) is 10.7 Å². The van der Waals surface area contributed by atoms with E-state index in [0.717, 1.165) is 0 Å². The van der Waals surface area contributed by atoms with Gasteiger partial charge in [0, 0.05) is 5.92 Å². The molecule has 1 heterocycles. The molecule has 118 valence electrons. The number of ether oxygens (including phenoxy) is 1. The molecule has 0 fully saturated rings. The highest BCUT2D eigenvalue weighted by atomic mass is 35.5. The molecule has 0 saturated heterocycles. The fraction of sp³-hybridized carbons (Fsp3) is 0.176. The Hall–Kier alpha value is -2.40. The fourth-order valence-corrected chi connectivity index (χ4v) is 2.59. The number of carbonyl (C=O) groups excluding carboxylic acids is 1. The van der Waals surface area contributed by atoms with Crippen LogP contribution in [0.25, 0.3) is 5.69 Å². The maximum Gasteiger partial charge on any atom is 0.358 e. The molecule has 0 atom stereocenters. The summed E-state index contributed by atoms with van der Waals surface area (Å²) in [5.41, 5.74) is 0.992. The molecule has 6 heteroatoms. The summed E-state index contributed by atoms with van der Waals surface area (Å²) in [4.78, 5) is 12.0. The average molecular weight is 333 g/mol. The maximum atomic E-state index is 14.4. The quantitative estimate of drug-likeness (QED) is 0.793. The summed E-state index contributed by atoms with van der Waals surface area (Å²) in [6.07, 6.45) is 7.65. The topological polar surface area (TPSA) is 44.1 Å². The van der Waals surface area contributed by atoms with Crippen LogP contribution in [0.2, 0.25) is 5.02 Å². The summed E-state index contributed by atoms with van der Waals surface area (Å²) in [5, 5.41) is 4.22. The summed E-state index contributed by atoms with van der Waals surface area (Å²) in [7, 11) is 0. The van der Waals surface area contributed by atoms with Gasteiger partial charge in [-0.15, -0.1) is 0 Å². The zero-order valence-corrected chi connectivity index (χ0v) is 13.1. The monoisotopic (exact) mass is 332 g/mol. The predicted molar refractivity (Wildman–Crippen MR) is 85.5 cm³/mol. The van der Waals surface area contributed by atoms with Crippen molar-refractivity contribution in [2.45, 2.75) is 12.8 Å². The molecule has 0 N–H and O–H groups in total. The van der Waals surface area contributed by atoms with E-state index in [0.29, 0.717) is 5.69 Å². The van der Waals surface area contributed by atoms with E-state index in [9.17, 15) is 9.18 Å². The van der Waals surface area contributed by atoms with E-state index >= 15 is 0 Å². The Morgan fingerprint density at radius 1 is 1.39 bits per heavy atom. The summed E-state index contributed by atoms with van der Waals surface area (Å²) < 4.78 is 20.7. The van der Waals surface area contributed by atoms with Crippen LogP contribution in [0.3, 0.4) is 0 Å². The Morgan fingerprint density at radius 3 is 2.83 bits per heavy atom. The number of hydrogen-bond donors (Lipinski definition) is 0. The number of benzene rings is 1. The van der Waals surface area contributed by atoms with Crippen molar-refractivity contribution in [3.8, 4) is 5.69 Å². The lowest BCUT2D eigenvalue weighted by atomic mass is 10.1. The van der Waals surface area contributed by atoms with Crippen molar-refractivity contribution >= 4 is 17.6 Å². The highest BCUT2D eigenvalue weighted by molar-refractivity contribution is 6.30. The maximum absolute atomic E-state index is 14.4. The van der Waals surface area contributed by atoms with Gasteiger partial charge >= 0.3 is 5.97 Å². The van der Waals surface area contributed by atoms with Gasteiger partial charge in [0.25, 0.3) is 0 Å². The molecule has 4 nitrogen and oxygen atoms in total. The third kappa shape index (κ3) is 2.92. The van der Waals surface area contributed by atoms with Crippen molar-refractivity contribution in [1.29, 1.82) is 0 Å². The number of allylic oxidation sites excluding steroid dienone is 4. The van der Waals surface area contributed by atoms with Gasteiger partial charge in [-0.1, -0.05) is 42.0 Å². The van der Waals surface area contributed by atoms with E-state index < -0.39 is 11.8 Å². The Bertz CT molecular complexity index is 799. The molecular formula is C17H14ClFN2O2. The number of hydrogen-bond acceptors (Lipinski definition) is 3. The van der Waals surface area contributed by atoms with Gasteiger partial charge in [0.05, 0.1) is 17.3 Å². The predicted octanol–water partition coefficient (Wildman–Crippen LogP) is 4.05. The highest BCUT2D eigenvalue weighted by Gasteiger charge is 2.22. The zero-order chi connectivity index (χ0) is 16.4. The van der Waals surface area contributed by atoms with Gasteiger partial charge in [0.2, 0.25) is 0 Å². The van der Waals surface area contributed by atoms with Crippen molar-refractivity contribution in [2.24, 2.45) is 0 Å². The minimum Gasteiger partial charge on any atom is -0.461 e. The van der Waals surface area contributed by atoms with Gasteiger partial charge in [-0.05, 0) is 25.1 Å². The van der Waals surface area contributed by atoms with Gasteiger partial charge in [-0.3, -0.25) is 0 Å². The van der Waals surface area contributed by atoms with E-state index in [1.807, 2.05) is 24.3 Å². The molecule has 0 unspecified atom stereocenters. The Labute approximate surface area is 137 Å². The van der Waals surface area contributed by atoms with E-state index in [4.69, 9.17) is 16.3 Å². The lowest BCUT2D eigenvalue weighted by molar-refractivity contribution is 0.0519. The van der Waals surface area contributed by atoms with Gasteiger partial charge in [0.1, 0.15) is 5.69 Å². The fourth-order valence-electron chi connectivity index (χ4n) is 2.42. The lowest BCUT2D eigenvalue weighted by Gasteiger charge is -2.11. The molecule has 1 aliphatic carbocycles. The smallest absolute Gasteiger partial charge is 0.358 e. The van der Waals surface area contributed by atoms with Crippen molar-refractivity contribution in [3.63, 3.8) is 0 Å². The molecule has 1 aliphatic rings. The second kappa shape index (κ2) is 6.38. The van der Waals surface area contributed by atoms with Crippen LogP contribution >= 0.6 is 11.6 Å². The van der Waals surface area contributed by atoms with Crippen LogP contribution in [0, 0.1) is 5.82 Å². The molecule has 23 heavy (non-hydrogen) atoms. The molecule has 0 amide bonds. The number of rotatable bonds is 4. The summed E-state index contributed by atoms with van der Waals surface area (Å²) in [6.45, 7) is 1.96. The van der Waals surface area contributed by atoms with Gasteiger partial charge < -0.3 is 4.74 Å². The highest BCUT2D eigenvalue weighted by Crippen LogP contribution is 2.29. The van der Waals surface area contributed by atoms with Crippen LogP contribution in [0.5, 0.6) is 0 Å². The number of esters is 1. The molecule has 0 radical (unpaired) electrons. The number of carbonyl (C=O) groups is 1.